The number of aromatic carboxylic acids is 2. The molecule has 0 unspecified atom stereocenters. The monoisotopic (exact) mass is 546 g/mol. The quantitative estimate of drug-likeness (QED) is 0.0792. The fourth-order valence-electron chi connectivity index (χ4n) is 3.85. The van der Waals surface area contributed by atoms with Gasteiger partial charge in [0.15, 0.2) is 16.2 Å². The Kier molecular flexibility index (Phi) is 8.65. The first-order chi connectivity index (χ1) is 16.6. The summed E-state index contributed by atoms with van der Waals surface area (Å²) in [5.74, 6) is -4.08. The number of carboxylic acid groups (broad SMARTS) is 2. The van der Waals surface area contributed by atoms with Crippen LogP contribution in [0.1, 0.15) is 20.7 Å². The second kappa shape index (κ2) is 10.6. The maximum atomic E-state index is 12.1. The van der Waals surface area contributed by atoms with Crippen LogP contribution in [0.3, 0.4) is 0 Å². The fraction of sp³-hybridized carbons (Fsp3) is 0. The minimum absolute atomic E-state index is 0. The summed E-state index contributed by atoms with van der Waals surface area (Å²) in [7, 11) is -10.5. The number of hydrogen-bond donors (Lipinski definition) is 4. The molecular weight excluding hydrogens is 534 g/mol. The summed E-state index contributed by atoms with van der Waals surface area (Å²) in [6.45, 7) is 0. The van der Waals surface area contributed by atoms with Crippen LogP contribution in [0.2, 0.25) is 0 Å². The van der Waals surface area contributed by atoms with E-state index < -0.39 is 75.5 Å². The Hall–Kier alpha value is -3.12. The van der Waals surface area contributed by atoms with Gasteiger partial charge in [0.05, 0.1) is 22.6 Å². The molecular formula is C21H12Li2N2O11S2. The number of carbonyl (C=O) groups excluding carboxylic acids is 1. The van der Waals surface area contributed by atoms with Crippen molar-refractivity contribution in [3.63, 3.8) is 0 Å². The Morgan fingerprint density at radius 2 is 1.55 bits per heavy atom. The number of carbonyl (C=O) groups is 2. The van der Waals surface area contributed by atoms with Gasteiger partial charge in [-0.1, -0.05) is 12.1 Å². The minimum atomic E-state index is -5.36. The molecule has 0 saturated carbocycles. The van der Waals surface area contributed by atoms with Gasteiger partial charge in [0.1, 0.15) is 15.0 Å². The van der Waals surface area contributed by atoms with Crippen molar-refractivity contribution in [3.05, 3.63) is 58.9 Å². The number of anilines is 1. The van der Waals surface area contributed by atoms with E-state index in [9.17, 15) is 45.7 Å². The average Bonchev–Trinajstić information content (AvgIpc) is 2.74. The third kappa shape index (κ3) is 5.24. The van der Waals surface area contributed by atoms with Crippen molar-refractivity contribution in [1.29, 1.82) is 5.41 Å². The van der Waals surface area contributed by atoms with Crippen LogP contribution in [0.15, 0.2) is 56.7 Å². The van der Waals surface area contributed by atoms with Crippen LogP contribution < -0.4 is 53.9 Å². The Bertz CT molecular complexity index is 1890. The average molecular weight is 546 g/mol. The van der Waals surface area contributed by atoms with Crippen LogP contribution in [0, 0.1) is 5.41 Å². The van der Waals surface area contributed by atoms with Crippen LogP contribution in [0.4, 0.5) is 5.69 Å². The molecule has 1 aliphatic carbocycles. The van der Waals surface area contributed by atoms with Gasteiger partial charge in [0.2, 0.25) is 0 Å². The van der Waals surface area contributed by atoms with Gasteiger partial charge < -0.3 is 29.7 Å². The van der Waals surface area contributed by atoms with E-state index in [2.05, 4.69) is 0 Å². The zero-order valence-electron chi connectivity index (χ0n) is 19.5. The van der Waals surface area contributed by atoms with Crippen LogP contribution in [0.25, 0.3) is 33.4 Å². The molecule has 13 nitrogen and oxygen atoms in total. The van der Waals surface area contributed by atoms with Crippen LogP contribution in [-0.2, 0) is 20.2 Å². The predicted molar refractivity (Wildman–Crippen MR) is 118 cm³/mol. The van der Waals surface area contributed by atoms with E-state index in [-0.39, 0.29) is 59.8 Å². The number of carboxylic acids is 2. The zero-order valence-corrected chi connectivity index (χ0v) is 21.1. The van der Waals surface area contributed by atoms with Crippen LogP contribution in [-0.4, -0.2) is 43.0 Å². The van der Waals surface area contributed by atoms with Gasteiger partial charge in [-0.2, -0.15) is 8.42 Å². The topological polar surface area (TPSA) is 252 Å². The SMILES string of the molecule is N=c1ccc2c(-c3ccc(C(=O)[O-])cc3C(=O)O)c3ccc(N)c(S(=O)(=O)[O-])c3oc-2c1S(=O)(=O)O.[Li+].[Li+]. The van der Waals surface area contributed by atoms with E-state index in [1.807, 2.05) is 0 Å². The van der Waals surface area contributed by atoms with Gasteiger partial charge in [0.25, 0.3) is 10.1 Å². The summed E-state index contributed by atoms with van der Waals surface area (Å²) in [5, 5.41) is 28.0. The summed E-state index contributed by atoms with van der Waals surface area (Å²) in [4.78, 5) is 21.1. The first kappa shape index (κ1) is 31.1. The van der Waals surface area contributed by atoms with Crippen molar-refractivity contribution in [2.24, 2.45) is 0 Å². The van der Waals surface area contributed by atoms with Gasteiger partial charge >= 0.3 is 43.7 Å². The third-order valence-corrected chi connectivity index (χ3v) is 7.10. The summed E-state index contributed by atoms with van der Waals surface area (Å²) >= 11 is 0. The number of nitrogens with one attached hydrogen (secondary N) is 1. The van der Waals surface area contributed by atoms with Crippen molar-refractivity contribution in [3.8, 4) is 22.5 Å². The smallest absolute Gasteiger partial charge is 0.744 e. The standard InChI is InChI=1S/C21H14N2O11S2.2Li/c22-13-5-3-10-15(9-2-1-8(20(24)25)7-12(9)21(26)27)11-4-6-14(23)19(36(31,32)33)17(11)34-16(10)18(13)35(28,29)30;;/h1-7,22H,23H2,(H,24,25)(H,26,27)(H,28,29,30)(H,31,32,33);;/q;2*+1/p-2. The fourth-order valence-corrected chi connectivity index (χ4v) is 5.32. The van der Waals surface area contributed by atoms with E-state index >= 15 is 0 Å². The molecule has 186 valence electrons. The first-order valence-corrected chi connectivity index (χ1v) is 12.4. The summed E-state index contributed by atoms with van der Waals surface area (Å²) in [6, 6.07) is 7.10. The number of nitrogens with two attached hydrogens (primary N) is 1. The number of hydrogen-bond acceptors (Lipinski definition) is 11. The van der Waals surface area contributed by atoms with Gasteiger partial charge in [-0.15, -0.1) is 0 Å². The normalized spacial score (nSPS) is 11.5. The number of fused-ring (bicyclic) bond motifs is 2. The molecule has 0 radical (unpaired) electrons. The van der Waals surface area contributed by atoms with Crippen molar-refractivity contribution in [1.82, 2.24) is 0 Å². The van der Waals surface area contributed by atoms with E-state index in [4.69, 9.17) is 15.6 Å². The first-order valence-electron chi connectivity index (χ1n) is 9.52. The molecule has 0 atom stereocenters. The van der Waals surface area contributed by atoms with Crippen molar-refractivity contribution in [2.75, 3.05) is 5.73 Å². The van der Waals surface area contributed by atoms with Crippen LogP contribution >= 0.6 is 0 Å². The van der Waals surface area contributed by atoms with Gasteiger partial charge in [-0.3, -0.25) is 9.96 Å². The largest absolute Gasteiger partial charge is 1.00 e. The van der Waals surface area contributed by atoms with E-state index in [1.54, 1.807) is 0 Å². The van der Waals surface area contributed by atoms with E-state index in [1.165, 1.54) is 6.07 Å². The molecule has 0 saturated heterocycles. The molecule has 5 N–H and O–H groups in total. The molecule has 0 bridgehead atoms. The zero-order chi connectivity index (χ0) is 26.7. The molecule has 0 fully saturated rings. The van der Waals surface area contributed by atoms with Crippen molar-refractivity contribution < 1.29 is 87.9 Å². The number of rotatable bonds is 5. The molecule has 17 heteroatoms. The molecule has 0 amide bonds. The predicted octanol–water partition coefficient (Wildman–Crippen LogP) is -5.51. The van der Waals surface area contributed by atoms with Gasteiger partial charge in [0, 0.05) is 16.5 Å². The molecule has 1 heterocycles. The Morgan fingerprint density at radius 1 is 0.947 bits per heavy atom. The second-order valence-electron chi connectivity index (χ2n) is 7.44. The minimum Gasteiger partial charge on any atom is -0.744 e. The summed E-state index contributed by atoms with van der Waals surface area (Å²) in [6.07, 6.45) is 0. The summed E-state index contributed by atoms with van der Waals surface area (Å²) in [5.41, 5.74) is 2.55. The van der Waals surface area contributed by atoms with Crippen molar-refractivity contribution >= 4 is 48.8 Å². The molecule has 2 aliphatic rings. The van der Waals surface area contributed by atoms with E-state index in [0.717, 1.165) is 36.4 Å². The van der Waals surface area contributed by atoms with Gasteiger partial charge in [-0.05, 0) is 41.5 Å². The molecule has 38 heavy (non-hydrogen) atoms. The Labute approximate surface area is 238 Å². The van der Waals surface area contributed by atoms with Crippen molar-refractivity contribution in [2.45, 2.75) is 9.79 Å². The maximum Gasteiger partial charge on any atom is 1.00 e. The van der Waals surface area contributed by atoms with Gasteiger partial charge in [-0.25, -0.2) is 13.2 Å². The molecule has 1 aliphatic heterocycles. The molecule has 0 spiro atoms. The molecule has 4 rings (SSSR count). The summed E-state index contributed by atoms with van der Waals surface area (Å²) < 4.78 is 75.5. The molecule has 0 aromatic heterocycles. The third-order valence-electron chi connectivity index (χ3n) is 5.26. The molecule has 2 aromatic rings. The molecule has 2 aromatic carbocycles. The Balaban J connectivity index is 0.00000253. The Morgan fingerprint density at radius 3 is 2.08 bits per heavy atom. The maximum absolute atomic E-state index is 12.1. The number of benzene rings is 3. The van der Waals surface area contributed by atoms with Crippen LogP contribution in [0.5, 0.6) is 0 Å². The van der Waals surface area contributed by atoms with E-state index in [0.29, 0.717) is 0 Å². The number of nitrogen functional groups attached to an aromatic ring is 1. The second-order valence-corrected chi connectivity index (χ2v) is 10.1.